The summed E-state index contributed by atoms with van der Waals surface area (Å²) < 4.78 is 26.1. The summed E-state index contributed by atoms with van der Waals surface area (Å²) in [5.41, 5.74) is 8.13. The first-order chi connectivity index (χ1) is 19.6. The van der Waals surface area contributed by atoms with Crippen molar-refractivity contribution in [1.82, 2.24) is 24.3 Å². The number of nitrogens with two attached hydrogens (primary N) is 1. The lowest BCUT2D eigenvalue weighted by Gasteiger charge is -2.35. The molecule has 2 fully saturated rings. The Bertz CT molecular complexity index is 1640. The zero-order valence-corrected chi connectivity index (χ0v) is 23.8. The average molecular weight is 673 g/mol. The number of benzene rings is 1. The molecule has 2 atom stereocenters. The quantitative estimate of drug-likeness (QED) is 0.206. The van der Waals surface area contributed by atoms with Crippen molar-refractivity contribution in [3.8, 4) is 11.3 Å². The fourth-order valence-electron chi connectivity index (χ4n) is 5.25. The van der Waals surface area contributed by atoms with Crippen LogP contribution in [-0.4, -0.2) is 60.4 Å². The highest BCUT2D eigenvalue weighted by Gasteiger charge is 2.39. The van der Waals surface area contributed by atoms with Gasteiger partial charge in [0.2, 0.25) is 5.91 Å². The molecule has 4 heterocycles. The normalized spacial score (nSPS) is 19.4. The molecule has 3 aromatic heterocycles. The number of hydrogen-bond acceptors (Lipinski definition) is 7. The number of amides is 2. The first-order valence-corrected chi connectivity index (χ1v) is 14.2. The van der Waals surface area contributed by atoms with Gasteiger partial charge < -0.3 is 21.1 Å². The van der Waals surface area contributed by atoms with Crippen molar-refractivity contribution in [1.29, 1.82) is 0 Å². The molecule has 2 aliphatic rings. The molecule has 1 saturated heterocycles. The number of aliphatic hydroxyl groups is 1. The van der Waals surface area contributed by atoms with E-state index in [1.807, 2.05) is 4.40 Å². The third-order valence-electron chi connectivity index (χ3n) is 7.39. The Kier molecular flexibility index (Phi) is 7.09. The number of imidazole rings is 1. The van der Waals surface area contributed by atoms with E-state index >= 15 is 0 Å². The predicted molar refractivity (Wildman–Crippen MR) is 156 cm³/mol. The van der Waals surface area contributed by atoms with Gasteiger partial charge in [-0.15, -0.1) is 0 Å². The summed E-state index contributed by atoms with van der Waals surface area (Å²) in [5, 5.41) is 13.2. The second kappa shape index (κ2) is 10.6. The van der Waals surface area contributed by atoms with Crippen molar-refractivity contribution in [3.63, 3.8) is 0 Å². The molecule has 212 valence electrons. The summed E-state index contributed by atoms with van der Waals surface area (Å²) >= 11 is 1.02. The van der Waals surface area contributed by atoms with Gasteiger partial charge >= 0.3 is 3.93 Å². The predicted octanol–water partition coefficient (Wildman–Crippen LogP) is 4.20. The van der Waals surface area contributed by atoms with Crippen molar-refractivity contribution in [2.24, 2.45) is 5.92 Å². The van der Waals surface area contributed by atoms with Gasteiger partial charge in [0, 0.05) is 82.8 Å². The van der Waals surface area contributed by atoms with E-state index in [1.54, 1.807) is 41.6 Å². The van der Waals surface area contributed by atoms with E-state index in [9.17, 15) is 23.5 Å². The molecular formula is C28H26F2IN7O3. The highest BCUT2D eigenvalue weighted by molar-refractivity contribution is 14.1. The molecule has 2 unspecified atom stereocenters. The summed E-state index contributed by atoms with van der Waals surface area (Å²) in [4.78, 5) is 40.5. The number of halogens is 3. The smallest absolute Gasteiger partial charge is 0.321 e. The molecular weight excluding hydrogens is 647 g/mol. The fraction of sp³-hybridized carbons (Fsp3) is 0.321. The number of β-amino-alcohol motifs (C(OH)–C–C–N with tert-alkyl or cyclic N) is 1. The number of piperidine rings is 1. The SMILES string of the molecule is Nc1nccn2c(C3CC(O)CN(C(=O)C4CC4)C3)nc(-c3ccc(C(=O)Nc4cc(C(F)(F)I)ccn4)cc3)c12. The molecule has 2 amide bonds. The number of nitrogens with zero attached hydrogens (tertiary/aromatic N) is 5. The number of aromatic nitrogens is 4. The monoisotopic (exact) mass is 673 g/mol. The molecule has 1 aliphatic heterocycles. The molecule has 41 heavy (non-hydrogen) atoms. The second-order valence-corrected chi connectivity index (χ2v) is 11.8. The number of carbonyl (C=O) groups excluding carboxylic acids is 2. The van der Waals surface area contributed by atoms with Gasteiger partial charge in [-0.2, -0.15) is 8.78 Å². The number of alkyl halides is 3. The van der Waals surface area contributed by atoms with Crippen molar-refractivity contribution in [3.05, 3.63) is 71.9 Å². The van der Waals surface area contributed by atoms with E-state index in [4.69, 9.17) is 10.7 Å². The molecule has 13 heteroatoms. The largest absolute Gasteiger partial charge is 0.391 e. The van der Waals surface area contributed by atoms with Gasteiger partial charge in [-0.3, -0.25) is 14.0 Å². The number of likely N-dealkylation sites (tertiary alicyclic amines) is 1. The van der Waals surface area contributed by atoms with Crippen LogP contribution in [-0.2, 0) is 8.72 Å². The third kappa shape index (κ3) is 5.60. The van der Waals surface area contributed by atoms with E-state index in [2.05, 4.69) is 15.3 Å². The number of hydrogen-bond donors (Lipinski definition) is 3. The van der Waals surface area contributed by atoms with E-state index < -0.39 is 15.9 Å². The molecule has 1 aliphatic carbocycles. The van der Waals surface area contributed by atoms with Gasteiger partial charge in [-0.1, -0.05) is 12.1 Å². The first-order valence-electron chi connectivity index (χ1n) is 13.1. The van der Waals surface area contributed by atoms with Crippen LogP contribution in [0.25, 0.3) is 16.8 Å². The minimum atomic E-state index is -3.09. The van der Waals surface area contributed by atoms with E-state index in [0.717, 1.165) is 41.5 Å². The number of nitrogen functional groups attached to an aromatic ring is 1. The zero-order chi connectivity index (χ0) is 28.9. The Balaban J connectivity index is 1.28. The van der Waals surface area contributed by atoms with Gasteiger partial charge in [0.15, 0.2) is 0 Å². The van der Waals surface area contributed by atoms with Gasteiger partial charge in [0.1, 0.15) is 28.7 Å². The summed E-state index contributed by atoms with van der Waals surface area (Å²) in [6.07, 6.45) is 6.12. The van der Waals surface area contributed by atoms with Crippen molar-refractivity contribution < 1.29 is 23.5 Å². The van der Waals surface area contributed by atoms with E-state index in [0.29, 0.717) is 47.7 Å². The Morgan fingerprint density at radius 3 is 2.56 bits per heavy atom. The second-order valence-electron chi connectivity index (χ2n) is 10.4. The lowest BCUT2D eigenvalue weighted by atomic mass is 9.94. The Morgan fingerprint density at radius 1 is 1.10 bits per heavy atom. The number of fused-ring (bicyclic) bond motifs is 1. The van der Waals surface area contributed by atoms with Gasteiger partial charge in [0.25, 0.3) is 5.91 Å². The molecule has 4 N–H and O–H groups in total. The van der Waals surface area contributed by atoms with Crippen molar-refractivity contribution >= 4 is 51.6 Å². The van der Waals surface area contributed by atoms with Crippen LogP contribution in [0.5, 0.6) is 0 Å². The van der Waals surface area contributed by atoms with Crippen LogP contribution >= 0.6 is 22.6 Å². The van der Waals surface area contributed by atoms with Crippen LogP contribution in [0, 0.1) is 5.92 Å². The number of anilines is 2. The molecule has 4 aromatic rings. The minimum absolute atomic E-state index is 0.0142. The van der Waals surface area contributed by atoms with E-state index in [1.165, 1.54) is 12.3 Å². The van der Waals surface area contributed by atoms with Gasteiger partial charge in [0.05, 0.1) is 6.10 Å². The minimum Gasteiger partial charge on any atom is -0.391 e. The number of carbonyl (C=O) groups is 2. The standard InChI is InChI=1S/C28H26F2IN7O3/c29-28(30,31)19-7-8-33-21(12-19)35-26(40)16-3-1-15(2-4-16)22-23-24(32)34-9-10-38(23)25(36-22)18-11-20(39)14-37(13-18)27(41)17-5-6-17/h1-4,7-10,12,17-18,20,39H,5-6,11,13-14H2,(H2,32,34)(H,33,35,40). The maximum absolute atomic E-state index is 13.7. The average Bonchev–Trinajstić information content (AvgIpc) is 3.72. The number of rotatable bonds is 6. The maximum atomic E-state index is 13.7. The third-order valence-corrected chi connectivity index (χ3v) is 8.01. The maximum Gasteiger partial charge on any atom is 0.321 e. The Labute approximate surface area is 247 Å². The molecule has 1 aromatic carbocycles. The summed E-state index contributed by atoms with van der Waals surface area (Å²) in [6, 6.07) is 8.95. The lowest BCUT2D eigenvalue weighted by Crippen LogP contribution is -2.46. The van der Waals surface area contributed by atoms with Crippen LogP contribution in [0.3, 0.4) is 0 Å². The molecule has 0 spiro atoms. The van der Waals surface area contributed by atoms with Gasteiger partial charge in [-0.05, 0) is 43.5 Å². The molecule has 0 radical (unpaired) electrons. The van der Waals surface area contributed by atoms with Gasteiger partial charge in [-0.25, -0.2) is 15.0 Å². The van der Waals surface area contributed by atoms with Crippen molar-refractivity contribution in [2.45, 2.75) is 35.2 Å². The molecule has 6 rings (SSSR count). The van der Waals surface area contributed by atoms with Crippen LogP contribution in [0.15, 0.2) is 55.0 Å². The lowest BCUT2D eigenvalue weighted by molar-refractivity contribution is -0.136. The highest BCUT2D eigenvalue weighted by Crippen LogP contribution is 2.37. The Hall–Kier alpha value is -3.72. The van der Waals surface area contributed by atoms with Crippen LogP contribution in [0.4, 0.5) is 20.4 Å². The van der Waals surface area contributed by atoms with Crippen LogP contribution in [0.1, 0.15) is 46.9 Å². The van der Waals surface area contributed by atoms with Crippen LogP contribution < -0.4 is 11.1 Å². The first kappa shape index (κ1) is 27.4. The molecule has 10 nitrogen and oxygen atoms in total. The summed E-state index contributed by atoms with van der Waals surface area (Å²) in [5.74, 6) is 0.352. The zero-order valence-electron chi connectivity index (χ0n) is 21.7. The molecule has 1 saturated carbocycles. The highest BCUT2D eigenvalue weighted by atomic mass is 127. The number of nitrogens with one attached hydrogen (secondary N) is 1. The number of aliphatic hydroxyl groups excluding tert-OH is 1. The topological polar surface area (TPSA) is 139 Å². The van der Waals surface area contributed by atoms with Crippen molar-refractivity contribution in [2.75, 3.05) is 24.1 Å². The fourth-order valence-corrected chi connectivity index (χ4v) is 5.58. The van der Waals surface area contributed by atoms with E-state index in [-0.39, 0.29) is 34.9 Å². The molecule has 0 bridgehead atoms. The number of pyridine rings is 1. The van der Waals surface area contributed by atoms with Crippen LogP contribution in [0.2, 0.25) is 0 Å². The summed E-state index contributed by atoms with van der Waals surface area (Å²) in [7, 11) is 0. The summed E-state index contributed by atoms with van der Waals surface area (Å²) in [6.45, 7) is 0.764. The Morgan fingerprint density at radius 2 is 1.85 bits per heavy atom.